The zero-order valence-electron chi connectivity index (χ0n) is 8.33. The third-order valence-electron chi connectivity index (χ3n) is 2.28. The Labute approximate surface area is 85.0 Å². The van der Waals surface area contributed by atoms with Crippen molar-refractivity contribution in [2.45, 2.75) is 45.1 Å². The van der Waals surface area contributed by atoms with Gasteiger partial charge in [0.15, 0.2) is 0 Å². The van der Waals surface area contributed by atoms with E-state index in [1.807, 2.05) is 0 Å². The van der Waals surface area contributed by atoms with Crippen molar-refractivity contribution in [1.82, 2.24) is 0 Å². The zero-order chi connectivity index (χ0) is 9.52. The van der Waals surface area contributed by atoms with Gasteiger partial charge in [0, 0.05) is 6.04 Å². The molecule has 1 atom stereocenters. The minimum atomic E-state index is 0.420. The summed E-state index contributed by atoms with van der Waals surface area (Å²) in [6, 6.07) is 2.62. The number of nitrogens with two attached hydrogens (primary N) is 1. The standard InChI is InChI=1S/C11H19NS/c1-2-4-11(12)6-3-5-10-7-8-13-9-10/h7-9,11H,2-6,12H2,1H3. The summed E-state index contributed by atoms with van der Waals surface area (Å²) in [5.41, 5.74) is 7.39. The molecular formula is C11H19NS. The van der Waals surface area contributed by atoms with Gasteiger partial charge in [0.05, 0.1) is 0 Å². The lowest BCUT2D eigenvalue weighted by Gasteiger charge is -2.08. The molecule has 1 aromatic heterocycles. The second kappa shape index (κ2) is 6.17. The van der Waals surface area contributed by atoms with E-state index >= 15 is 0 Å². The van der Waals surface area contributed by atoms with Gasteiger partial charge in [-0.3, -0.25) is 0 Å². The average Bonchev–Trinajstić information content (AvgIpc) is 2.57. The van der Waals surface area contributed by atoms with Crippen LogP contribution in [0.15, 0.2) is 16.8 Å². The lowest BCUT2D eigenvalue weighted by molar-refractivity contribution is 0.540. The second-order valence-corrected chi connectivity index (χ2v) is 4.35. The molecular weight excluding hydrogens is 178 g/mol. The lowest BCUT2D eigenvalue weighted by atomic mass is 10.0. The fraction of sp³-hybridized carbons (Fsp3) is 0.636. The van der Waals surface area contributed by atoms with E-state index in [1.54, 1.807) is 11.3 Å². The Kier molecular flexibility index (Phi) is 5.09. The van der Waals surface area contributed by atoms with Crippen molar-refractivity contribution in [2.75, 3.05) is 0 Å². The molecule has 1 nitrogen and oxygen atoms in total. The van der Waals surface area contributed by atoms with Crippen molar-refractivity contribution in [2.24, 2.45) is 5.73 Å². The van der Waals surface area contributed by atoms with Crippen LogP contribution in [0.2, 0.25) is 0 Å². The van der Waals surface area contributed by atoms with Crippen molar-refractivity contribution in [3.8, 4) is 0 Å². The Hall–Kier alpha value is -0.340. The minimum absolute atomic E-state index is 0.420. The monoisotopic (exact) mass is 197 g/mol. The first-order valence-corrected chi connectivity index (χ1v) is 6.04. The SMILES string of the molecule is CCCC(N)CCCc1ccsc1. The Morgan fingerprint density at radius 3 is 2.92 bits per heavy atom. The molecule has 0 radical (unpaired) electrons. The summed E-state index contributed by atoms with van der Waals surface area (Å²) in [4.78, 5) is 0. The van der Waals surface area contributed by atoms with Crippen LogP contribution in [0.4, 0.5) is 0 Å². The highest BCUT2D eigenvalue weighted by Crippen LogP contribution is 2.11. The Morgan fingerprint density at radius 2 is 2.31 bits per heavy atom. The van der Waals surface area contributed by atoms with Gasteiger partial charge in [-0.1, -0.05) is 13.3 Å². The normalized spacial score (nSPS) is 13.1. The quantitative estimate of drug-likeness (QED) is 0.744. The van der Waals surface area contributed by atoms with Crippen molar-refractivity contribution >= 4 is 11.3 Å². The number of hydrogen-bond acceptors (Lipinski definition) is 2. The van der Waals surface area contributed by atoms with Crippen LogP contribution in [0.3, 0.4) is 0 Å². The Morgan fingerprint density at radius 1 is 1.46 bits per heavy atom. The van der Waals surface area contributed by atoms with Crippen molar-refractivity contribution < 1.29 is 0 Å². The van der Waals surface area contributed by atoms with Gasteiger partial charge < -0.3 is 5.73 Å². The molecule has 0 bridgehead atoms. The molecule has 1 aromatic rings. The molecule has 0 aliphatic heterocycles. The van der Waals surface area contributed by atoms with Gasteiger partial charge in [0.25, 0.3) is 0 Å². The summed E-state index contributed by atoms with van der Waals surface area (Å²) >= 11 is 1.78. The molecule has 2 N–H and O–H groups in total. The fourth-order valence-corrected chi connectivity index (χ4v) is 2.22. The average molecular weight is 197 g/mol. The number of hydrogen-bond donors (Lipinski definition) is 1. The molecule has 0 fully saturated rings. The molecule has 0 aliphatic carbocycles. The van der Waals surface area contributed by atoms with Gasteiger partial charge in [-0.25, -0.2) is 0 Å². The first kappa shape index (κ1) is 10.7. The molecule has 2 heteroatoms. The second-order valence-electron chi connectivity index (χ2n) is 3.57. The predicted molar refractivity (Wildman–Crippen MR) is 60.1 cm³/mol. The highest BCUT2D eigenvalue weighted by atomic mass is 32.1. The number of aryl methyl sites for hydroxylation is 1. The molecule has 1 unspecified atom stereocenters. The van der Waals surface area contributed by atoms with Crippen LogP contribution in [0.25, 0.3) is 0 Å². The third-order valence-corrected chi connectivity index (χ3v) is 3.01. The summed E-state index contributed by atoms with van der Waals surface area (Å²) < 4.78 is 0. The van der Waals surface area contributed by atoms with E-state index in [1.165, 1.54) is 37.7 Å². The molecule has 0 aromatic carbocycles. The summed E-state index contributed by atoms with van der Waals surface area (Å²) in [6.07, 6.45) is 5.98. The molecule has 0 spiro atoms. The van der Waals surface area contributed by atoms with Gasteiger partial charge in [-0.15, -0.1) is 0 Å². The summed E-state index contributed by atoms with van der Waals surface area (Å²) in [5, 5.41) is 4.37. The molecule has 0 aliphatic rings. The smallest absolute Gasteiger partial charge is 0.00388 e. The number of thiophene rings is 1. The van der Waals surface area contributed by atoms with Crippen LogP contribution in [0.1, 0.15) is 38.2 Å². The topological polar surface area (TPSA) is 26.0 Å². The molecule has 74 valence electrons. The lowest BCUT2D eigenvalue weighted by Crippen LogP contribution is -2.19. The molecule has 0 saturated heterocycles. The Balaban J connectivity index is 2.07. The van der Waals surface area contributed by atoms with E-state index in [-0.39, 0.29) is 0 Å². The maximum Gasteiger partial charge on any atom is 0.00388 e. The van der Waals surface area contributed by atoms with E-state index in [4.69, 9.17) is 5.73 Å². The molecule has 13 heavy (non-hydrogen) atoms. The molecule has 1 heterocycles. The van der Waals surface area contributed by atoms with Crippen LogP contribution in [-0.2, 0) is 6.42 Å². The summed E-state index contributed by atoms with van der Waals surface area (Å²) in [6.45, 7) is 2.19. The first-order valence-electron chi connectivity index (χ1n) is 5.09. The molecule has 0 amide bonds. The van der Waals surface area contributed by atoms with Crippen LogP contribution in [-0.4, -0.2) is 6.04 Å². The Bertz CT molecular complexity index is 206. The van der Waals surface area contributed by atoms with Crippen LogP contribution in [0.5, 0.6) is 0 Å². The van der Waals surface area contributed by atoms with Crippen molar-refractivity contribution in [3.05, 3.63) is 22.4 Å². The van der Waals surface area contributed by atoms with Crippen molar-refractivity contribution in [1.29, 1.82) is 0 Å². The van der Waals surface area contributed by atoms with Gasteiger partial charge in [-0.2, -0.15) is 11.3 Å². The maximum absolute atomic E-state index is 5.93. The van der Waals surface area contributed by atoms with E-state index < -0.39 is 0 Å². The van der Waals surface area contributed by atoms with E-state index in [2.05, 4.69) is 23.8 Å². The van der Waals surface area contributed by atoms with Gasteiger partial charge in [0.1, 0.15) is 0 Å². The minimum Gasteiger partial charge on any atom is -0.328 e. The largest absolute Gasteiger partial charge is 0.328 e. The third kappa shape index (κ3) is 4.44. The van der Waals surface area contributed by atoms with Crippen molar-refractivity contribution in [3.63, 3.8) is 0 Å². The summed E-state index contributed by atoms with van der Waals surface area (Å²) in [5.74, 6) is 0. The van der Waals surface area contributed by atoms with E-state index in [9.17, 15) is 0 Å². The highest BCUT2D eigenvalue weighted by molar-refractivity contribution is 7.07. The van der Waals surface area contributed by atoms with Crippen LogP contribution >= 0.6 is 11.3 Å². The van der Waals surface area contributed by atoms with Gasteiger partial charge in [0.2, 0.25) is 0 Å². The predicted octanol–water partition coefficient (Wildman–Crippen LogP) is 3.20. The summed E-state index contributed by atoms with van der Waals surface area (Å²) in [7, 11) is 0. The molecule has 1 rings (SSSR count). The highest BCUT2D eigenvalue weighted by Gasteiger charge is 2.00. The zero-order valence-corrected chi connectivity index (χ0v) is 9.15. The van der Waals surface area contributed by atoms with Crippen LogP contribution < -0.4 is 5.73 Å². The van der Waals surface area contributed by atoms with Gasteiger partial charge >= 0.3 is 0 Å². The fourth-order valence-electron chi connectivity index (χ4n) is 1.52. The first-order chi connectivity index (χ1) is 6.33. The number of rotatable bonds is 6. The molecule has 0 saturated carbocycles. The van der Waals surface area contributed by atoms with E-state index in [0.29, 0.717) is 6.04 Å². The maximum atomic E-state index is 5.93. The van der Waals surface area contributed by atoms with Crippen LogP contribution in [0, 0.1) is 0 Å². The van der Waals surface area contributed by atoms with Gasteiger partial charge in [-0.05, 0) is 48.1 Å². The van der Waals surface area contributed by atoms with E-state index in [0.717, 1.165) is 0 Å².